The van der Waals surface area contributed by atoms with Gasteiger partial charge in [-0.05, 0) is 38.5 Å². The lowest BCUT2D eigenvalue weighted by molar-refractivity contribution is -0.152. The van der Waals surface area contributed by atoms with E-state index < -0.39 is 22.8 Å². The second kappa shape index (κ2) is 6.15. The Balaban J connectivity index is 1.93. The van der Waals surface area contributed by atoms with Crippen LogP contribution in [0.5, 0.6) is 0 Å². The molecule has 20 heavy (non-hydrogen) atoms. The minimum atomic E-state index is -0.678. The number of carbonyl (C=O) groups is 2. The first-order valence-corrected chi connectivity index (χ1v) is 7.98. The molecular weight excluding hydrogens is 256 g/mol. The Morgan fingerprint density at radius 2 is 1.05 bits per heavy atom. The molecule has 0 amide bonds. The summed E-state index contributed by atoms with van der Waals surface area (Å²) in [7, 11) is 0. The summed E-state index contributed by atoms with van der Waals surface area (Å²) in [5.74, 6) is -1.35. The van der Waals surface area contributed by atoms with Gasteiger partial charge in [0.25, 0.3) is 0 Å². The fraction of sp³-hybridized carbons (Fsp3) is 0.875. The van der Waals surface area contributed by atoms with Gasteiger partial charge >= 0.3 is 11.9 Å². The molecule has 0 saturated heterocycles. The van der Waals surface area contributed by atoms with Gasteiger partial charge in [0, 0.05) is 0 Å². The maximum atomic E-state index is 11.6. The van der Waals surface area contributed by atoms with E-state index in [1.165, 1.54) is 0 Å². The van der Waals surface area contributed by atoms with Crippen LogP contribution in [0.15, 0.2) is 0 Å². The zero-order valence-corrected chi connectivity index (χ0v) is 12.2. The minimum Gasteiger partial charge on any atom is -0.481 e. The molecule has 0 atom stereocenters. The molecule has 0 spiro atoms. The highest BCUT2D eigenvalue weighted by Gasteiger charge is 2.43. The molecular formula is C16H26O4. The van der Waals surface area contributed by atoms with E-state index >= 15 is 0 Å². The third-order valence-corrected chi connectivity index (χ3v) is 5.59. The van der Waals surface area contributed by atoms with E-state index in [9.17, 15) is 19.8 Å². The van der Waals surface area contributed by atoms with Crippen molar-refractivity contribution in [3.05, 3.63) is 0 Å². The van der Waals surface area contributed by atoms with Crippen molar-refractivity contribution in [2.75, 3.05) is 0 Å². The number of carboxylic acid groups (broad SMARTS) is 2. The Kier molecular flexibility index (Phi) is 4.71. The quantitative estimate of drug-likeness (QED) is 0.776. The summed E-state index contributed by atoms with van der Waals surface area (Å²) in [4.78, 5) is 23.1. The molecule has 0 aromatic carbocycles. The molecule has 0 aliphatic heterocycles. The van der Waals surface area contributed by atoms with Gasteiger partial charge in [0.15, 0.2) is 0 Å². The predicted octanol–water partition coefficient (Wildman–Crippen LogP) is 3.84. The third kappa shape index (κ3) is 2.99. The van der Waals surface area contributed by atoms with Gasteiger partial charge in [-0.25, -0.2) is 0 Å². The molecule has 2 aliphatic rings. The number of aliphatic carboxylic acids is 2. The average molecular weight is 282 g/mol. The first-order valence-electron chi connectivity index (χ1n) is 7.98. The van der Waals surface area contributed by atoms with Crippen molar-refractivity contribution in [2.24, 2.45) is 10.8 Å². The van der Waals surface area contributed by atoms with Gasteiger partial charge in [0.2, 0.25) is 0 Å². The fourth-order valence-electron chi connectivity index (χ4n) is 4.19. The highest BCUT2D eigenvalue weighted by atomic mass is 16.4. The maximum absolute atomic E-state index is 11.6. The van der Waals surface area contributed by atoms with E-state index in [2.05, 4.69) is 0 Å². The molecule has 2 aliphatic carbocycles. The van der Waals surface area contributed by atoms with Crippen LogP contribution >= 0.6 is 0 Å². The van der Waals surface area contributed by atoms with Gasteiger partial charge in [0.05, 0.1) is 10.8 Å². The zero-order chi connectivity index (χ0) is 14.6. The molecule has 2 N–H and O–H groups in total. The van der Waals surface area contributed by atoms with Crippen LogP contribution in [0.4, 0.5) is 0 Å². The van der Waals surface area contributed by atoms with Crippen LogP contribution in [-0.4, -0.2) is 22.2 Å². The van der Waals surface area contributed by atoms with Gasteiger partial charge in [-0.2, -0.15) is 0 Å². The lowest BCUT2D eigenvalue weighted by Crippen LogP contribution is -2.34. The fourth-order valence-corrected chi connectivity index (χ4v) is 4.19. The van der Waals surface area contributed by atoms with Crippen LogP contribution in [0.25, 0.3) is 0 Å². The van der Waals surface area contributed by atoms with Crippen LogP contribution in [-0.2, 0) is 9.59 Å². The highest BCUT2D eigenvalue weighted by Crippen LogP contribution is 2.46. The summed E-state index contributed by atoms with van der Waals surface area (Å²) in [6.45, 7) is 0. The van der Waals surface area contributed by atoms with Crippen molar-refractivity contribution in [2.45, 2.75) is 77.0 Å². The summed E-state index contributed by atoms with van der Waals surface area (Å²) < 4.78 is 0. The number of rotatable bonds is 6. The first kappa shape index (κ1) is 15.3. The van der Waals surface area contributed by atoms with Crippen LogP contribution < -0.4 is 0 Å². The van der Waals surface area contributed by atoms with Crippen molar-refractivity contribution in [1.29, 1.82) is 0 Å². The van der Waals surface area contributed by atoms with Crippen molar-refractivity contribution in [3.8, 4) is 0 Å². The van der Waals surface area contributed by atoms with E-state index in [1.807, 2.05) is 0 Å². The Hall–Kier alpha value is -1.06. The Morgan fingerprint density at radius 3 is 1.40 bits per heavy atom. The summed E-state index contributed by atoms with van der Waals surface area (Å²) in [5, 5.41) is 19.0. The molecule has 2 rings (SSSR count). The topological polar surface area (TPSA) is 74.6 Å². The highest BCUT2D eigenvalue weighted by molar-refractivity contribution is 5.75. The second-order valence-electron chi connectivity index (χ2n) is 6.79. The van der Waals surface area contributed by atoms with Crippen LogP contribution in [0.2, 0.25) is 0 Å². The van der Waals surface area contributed by atoms with Gasteiger partial charge in [-0.3, -0.25) is 9.59 Å². The number of hydrogen-bond donors (Lipinski definition) is 2. The Bertz CT molecular complexity index is 363. The summed E-state index contributed by atoms with van der Waals surface area (Å²) in [6, 6.07) is 0. The van der Waals surface area contributed by atoms with Crippen molar-refractivity contribution < 1.29 is 19.8 Å². The van der Waals surface area contributed by atoms with Gasteiger partial charge in [-0.15, -0.1) is 0 Å². The first-order chi connectivity index (χ1) is 9.51. The molecule has 114 valence electrons. The monoisotopic (exact) mass is 282 g/mol. The van der Waals surface area contributed by atoms with Crippen LogP contribution in [0.3, 0.4) is 0 Å². The molecule has 4 nitrogen and oxygen atoms in total. The van der Waals surface area contributed by atoms with E-state index in [0.717, 1.165) is 64.2 Å². The van der Waals surface area contributed by atoms with Crippen molar-refractivity contribution >= 4 is 11.9 Å². The SMILES string of the molecule is O=C(O)C1(CCCC2(C(=O)O)CCCC2)CCCCC1. The third-order valence-electron chi connectivity index (χ3n) is 5.59. The van der Waals surface area contributed by atoms with Crippen LogP contribution in [0, 0.1) is 10.8 Å². The lowest BCUT2D eigenvalue weighted by atomic mass is 9.69. The van der Waals surface area contributed by atoms with Crippen molar-refractivity contribution in [3.63, 3.8) is 0 Å². The maximum Gasteiger partial charge on any atom is 0.309 e. The average Bonchev–Trinajstić information content (AvgIpc) is 2.90. The molecule has 2 fully saturated rings. The molecule has 4 heteroatoms. The van der Waals surface area contributed by atoms with Crippen molar-refractivity contribution in [1.82, 2.24) is 0 Å². The molecule has 0 unspecified atom stereocenters. The minimum absolute atomic E-state index is 0.561. The molecule has 0 heterocycles. The van der Waals surface area contributed by atoms with Gasteiger partial charge in [0.1, 0.15) is 0 Å². The van der Waals surface area contributed by atoms with E-state index in [-0.39, 0.29) is 0 Å². The Morgan fingerprint density at radius 1 is 0.700 bits per heavy atom. The lowest BCUT2D eigenvalue weighted by Gasteiger charge is -2.34. The smallest absolute Gasteiger partial charge is 0.309 e. The van der Waals surface area contributed by atoms with Gasteiger partial charge in [-0.1, -0.05) is 38.5 Å². The number of carboxylic acids is 2. The normalized spacial score (nSPS) is 24.4. The Labute approximate surface area is 120 Å². The van der Waals surface area contributed by atoms with E-state index in [0.29, 0.717) is 12.8 Å². The predicted molar refractivity (Wildman–Crippen MR) is 75.5 cm³/mol. The van der Waals surface area contributed by atoms with Gasteiger partial charge < -0.3 is 10.2 Å². The summed E-state index contributed by atoms with van der Waals surface area (Å²) in [5.41, 5.74) is -1.13. The number of hydrogen-bond acceptors (Lipinski definition) is 2. The molecule has 2 saturated carbocycles. The van der Waals surface area contributed by atoms with E-state index in [1.54, 1.807) is 0 Å². The summed E-state index contributed by atoms with van der Waals surface area (Å²) in [6.07, 6.45) is 10.2. The molecule has 0 aromatic rings. The molecule has 0 aromatic heterocycles. The zero-order valence-electron chi connectivity index (χ0n) is 12.2. The molecule has 0 radical (unpaired) electrons. The van der Waals surface area contributed by atoms with E-state index in [4.69, 9.17) is 0 Å². The summed E-state index contributed by atoms with van der Waals surface area (Å²) >= 11 is 0. The van der Waals surface area contributed by atoms with Crippen LogP contribution in [0.1, 0.15) is 77.0 Å². The largest absolute Gasteiger partial charge is 0.481 e. The standard InChI is InChI=1S/C16H26O4/c17-13(18)15(7-2-1-3-8-15)11-6-12-16(14(19)20)9-4-5-10-16/h1-12H2,(H,17,18)(H,19,20). The molecule has 0 bridgehead atoms. The second-order valence-corrected chi connectivity index (χ2v) is 6.79.